The van der Waals surface area contributed by atoms with E-state index in [0.29, 0.717) is 26.1 Å². The van der Waals surface area contributed by atoms with E-state index < -0.39 is 5.97 Å². The zero-order valence-corrected chi connectivity index (χ0v) is 7.90. The molecule has 1 heterocycles. The molecule has 1 rings (SSSR count). The summed E-state index contributed by atoms with van der Waals surface area (Å²) in [5, 5.41) is 11.1. The summed E-state index contributed by atoms with van der Waals surface area (Å²) in [4.78, 5) is 23.2. The molecule has 1 saturated heterocycles. The van der Waals surface area contributed by atoms with E-state index in [1.165, 1.54) is 0 Å². The predicted octanol–water partition coefficient (Wildman–Crippen LogP) is -0.551. The van der Waals surface area contributed by atoms with Crippen molar-refractivity contribution >= 4 is 11.9 Å². The smallest absolute Gasteiger partial charge is 0.328 e. The van der Waals surface area contributed by atoms with Gasteiger partial charge in [-0.2, -0.15) is 0 Å². The molecular weight excluding hydrogens is 184 g/mol. The Hall–Kier alpha value is -1.36. The quantitative estimate of drug-likeness (QED) is 0.597. The van der Waals surface area contributed by atoms with E-state index in [0.717, 1.165) is 12.6 Å². The summed E-state index contributed by atoms with van der Waals surface area (Å²) in [6.07, 6.45) is 3.21. The van der Waals surface area contributed by atoms with E-state index in [2.05, 4.69) is 5.32 Å². The molecule has 0 atom stereocenters. The minimum absolute atomic E-state index is 0.0646. The van der Waals surface area contributed by atoms with Crippen molar-refractivity contribution in [3.63, 3.8) is 0 Å². The number of hydrogen-bond donors (Lipinski definition) is 2. The van der Waals surface area contributed by atoms with Crippen LogP contribution < -0.4 is 5.32 Å². The summed E-state index contributed by atoms with van der Waals surface area (Å²) in [5.74, 6) is -0.872. The lowest BCUT2D eigenvalue weighted by atomic mass is 10.3. The molecule has 0 spiro atoms. The number of aliphatic carboxylic acids is 1. The summed E-state index contributed by atoms with van der Waals surface area (Å²) in [7, 11) is 0. The van der Waals surface area contributed by atoms with Gasteiger partial charge in [-0.1, -0.05) is 6.08 Å². The summed E-state index contributed by atoms with van der Waals surface area (Å²) >= 11 is 0. The highest BCUT2D eigenvalue weighted by Gasteiger charge is 2.11. The number of rotatable bonds is 3. The lowest BCUT2D eigenvalue weighted by Gasteiger charge is -2.15. The van der Waals surface area contributed by atoms with Gasteiger partial charge in [-0.3, -0.25) is 9.69 Å². The first-order valence-electron chi connectivity index (χ1n) is 4.57. The fraction of sp³-hybridized carbons (Fsp3) is 0.556. The van der Waals surface area contributed by atoms with E-state index in [-0.39, 0.29) is 5.91 Å². The van der Waals surface area contributed by atoms with Crippen LogP contribution in [-0.2, 0) is 9.59 Å². The highest BCUT2D eigenvalue weighted by Crippen LogP contribution is 1.96. The van der Waals surface area contributed by atoms with Crippen LogP contribution in [-0.4, -0.2) is 48.1 Å². The van der Waals surface area contributed by atoms with Crippen LogP contribution >= 0.6 is 0 Å². The molecule has 1 fully saturated rings. The number of nitrogens with zero attached hydrogens (tertiary/aromatic N) is 1. The second kappa shape index (κ2) is 5.39. The van der Waals surface area contributed by atoms with Crippen molar-refractivity contribution in [1.29, 1.82) is 0 Å². The van der Waals surface area contributed by atoms with Gasteiger partial charge >= 0.3 is 5.97 Å². The first-order chi connectivity index (χ1) is 6.68. The lowest BCUT2D eigenvalue weighted by Crippen LogP contribution is -2.28. The highest BCUT2D eigenvalue weighted by atomic mass is 16.4. The second-order valence-corrected chi connectivity index (χ2v) is 3.14. The molecule has 0 aromatic heterocycles. The standard InChI is InChI=1S/C9H14N2O3/c12-8-3-6-11(7-4-10-8)5-1-2-9(13)14/h1-2H,3-7H2,(H,10,12)(H,13,14)/b2-1+. The monoisotopic (exact) mass is 198 g/mol. The van der Waals surface area contributed by atoms with Crippen LogP contribution in [0.15, 0.2) is 12.2 Å². The highest BCUT2D eigenvalue weighted by molar-refractivity contribution is 5.79. The molecule has 5 heteroatoms. The van der Waals surface area contributed by atoms with Crippen LogP contribution in [0.3, 0.4) is 0 Å². The molecule has 1 aliphatic rings. The molecule has 0 saturated carbocycles. The van der Waals surface area contributed by atoms with E-state index >= 15 is 0 Å². The zero-order chi connectivity index (χ0) is 10.4. The third kappa shape index (κ3) is 4.04. The number of carbonyl (C=O) groups excluding carboxylic acids is 1. The fourth-order valence-corrected chi connectivity index (χ4v) is 1.30. The van der Waals surface area contributed by atoms with Crippen LogP contribution in [0.25, 0.3) is 0 Å². The Morgan fingerprint density at radius 3 is 3.07 bits per heavy atom. The van der Waals surface area contributed by atoms with Crippen LogP contribution in [0.2, 0.25) is 0 Å². The van der Waals surface area contributed by atoms with Gasteiger partial charge in [0, 0.05) is 38.7 Å². The lowest BCUT2D eigenvalue weighted by molar-refractivity contribution is -0.131. The maximum atomic E-state index is 11.0. The predicted molar refractivity (Wildman–Crippen MR) is 50.8 cm³/mol. The SMILES string of the molecule is O=C(O)/C=C/CN1CCNC(=O)CC1. The van der Waals surface area contributed by atoms with Crippen LogP contribution in [0.5, 0.6) is 0 Å². The maximum Gasteiger partial charge on any atom is 0.328 e. The molecule has 0 unspecified atom stereocenters. The molecule has 1 aliphatic heterocycles. The number of carbonyl (C=O) groups is 2. The fourth-order valence-electron chi connectivity index (χ4n) is 1.30. The van der Waals surface area contributed by atoms with Gasteiger partial charge in [0.1, 0.15) is 0 Å². The van der Waals surface area contributed by atoms with Gasteiger partial charge in [0.05, 0.1) is 0 Å². The molecule has 2 N–H and O–H groups in total. The Morgan fingerprint density at radius 2 is 2.36 bits per heavy atom. The first-order valence-corrected chi connectivity index (χ1v) is 4.57. The molecule has 0 bridgehead atoms. The van der Waals surface area contributed by atoms with Gasteiger partial charge in [0.25, 0.3) is 0 Å². The zero-order valence-electron chi connectivity index (χ0n) is 7.90. The van der Waals surface area contributed by atoms with Crippen molar-refractivity contribution in [3.05, 3.63) is 12.2 Å². The van der Waals surface area contributed by atoms with Gasteiger partial charge in [-0.25, -0.2) is 4.79 Å². The minimum Gasteiger partial charge on any atom is -0.478 e. The molecular formula is C9H14N2O3. The van der Waals surface area contributed by atoms with Crippen molar-refractivity contribution in [2.24, 2.45) is 0 Å². The van der Waals surface area contributed by atoms with E-state index in [1.807, 2.05) is 4.90 Å². The van der Waals surface area contributed by atoms with Crippen molar-refractivity contribution < 1.29 is 14.7 Å². The third-order valence-corrected chi connectivity index (χ3v) is 2.03. The normalized spacial score (nSPS) is 19.3. The van der Waals surface area contributed by atoms with Gasteiger partial charge in [-0.15, -0.1) is 0 Å². The first kappa shape index (κ1) is 10.7. The van der Waals surface area contributed by atoms with Crippen LogP contribution in [0, 0.1) is 0 Å². The average Bonchev–Trinajstić information content (AvgIpc) is 2.30. The largest absolute Gasteiger partial charge is 0.478 e. The maximum absolute atomic E-state index is 11.0. The molecule has 78 valence electrons. The summed E-state index contributed by atoms with van der Waals surface area (Å²) < 4.78 is 0. The van der Waals surface area contributed by atoms with Crippen molar-refractivity contribution in [3.8, 4) is 0 Å². The molecule has 0 aliphatic carbocycles. The third-order valence-electron chi connectivity index (χ3n) is 2.03. The van der Waals surface area contributed by atoms with Gasteiger partial charge < -0.3 is 10.4 Å². The number of amides is 1. The number of hydrogen-bond acceptors (Lipinski definition) is 3. The second-order valence-electron chi connectivity index (χ2n) is 3.14. The van der Waals surface area contributed by atoms with Crippen LogP contribution in [0.4, 0.5) is 0 Å². The average molecular weight is 198 g/mol. The van der Waals surface area contributed by atoms with E-state index in [9.17, 15) is 9.59 Å². The van der Waals surface area contributed by atoms with E-state index in [4.69, 9.17) is 5.11 Å². The number of carboxylic acid groups (broad SMARTS) is 1. The Morgan fingerprint density at radius 1 is 1.57 bits per heavy atom. The van der Waals surface area contributed by atoms with Crippen LogP contribution in [0.1, 0.15) is 6.42 Å². The molecule has 0 radical (unpaired) electrons. The van der Waals surface area contributed by atoms with Crippen molar-refractivity contribution in [2.75, 3.05) is 26.2 Å². The minimum atomic E-state index is -0.936. The number of carboxylic acids is 1. The number of nitrogens with one attached hydrogen (secondary N) is 1. The van der Waals surface area contributed by atoms with Gasteiger partial charge in [0.15, 0.2) is 0 Å². The molecule has 14 heavy (non-hydrogen) atoms. The van der Waals surface area contributed by atoms with Gasteiger partial charge in [-0.05, 0) is 0 Å². The molecule has 0 aromatic rings. The Balaban J connectivity index is 2.30. The van der Waals surface area contributed by atoms with Crippen molar-refractivity contribution in [1.82, 2.24) is 10.2 Å². The summed E-state index contributed by atoms with van der Waals surface area (Å²) in [6.45, 7) is 2.69. The molecule has 5 nitrogen and oxygen atoms in total. The van der Waals surface area contributed by atoms with Gasteiger partial charge in [0.2, 0.25) is 5.91 Å². The molecule has 1 amide bonds. The summed E-state index contributed by atoms with van der Waals surface area (Å²) in [5.41, 5.74) is 0. The molecule has 0 aromatic carbocycles. The Bertz CT molecular complexity index is 250. The topological polar surface area (TPSA) is 69.6 Å². The Labute approximate surface area is 82.4 Å². The van der Waals surface area contributed by atoms with E-state index in [1.54, 1.807) is 6.08 Å². The van der Waals surface area contributed by atoms with Crippen molar-refractivity contribution in [2.45, 2.75) is 6.42 Å². The summed E-state index contributed by atoms with van der Waals surface area (Å²) in [6, 6.07) is 0. The Kier molecular flexibility index (Phi) is 4.12.